The van der Waals surface area contributed by atoms with Crippen LogP contribution in [0.5, 0.6) is 0 Å². The zero-order chi connectivity index (χ0) is 13.4. The van der Waals surface area contributed by atoms with E-state index in [1.165, 1.54) is 0 Å². The molecule has 1 aromatic heterocycles. The predicted octanol–water partition coefficient (Wildman–Crippen LogP) is 2.64. The molecule has 0 radical (unpaired) electrons. The molecule has 2 N–H and O–H groups in total. The number of aryl methyl sites for hydroxylation is 1. The molecule has 3 rings (SSSR count). The average molecular weight is 276 g/mol. The van der Waals surface area contributed by atoms with E-state index in [4.69, 9.17) is 17.3 Å². The normalized spacial score (nSPS) is 14.2. The Morgan fingerprint density at radius 1 is 1.37 bits per heavy atom. The highest BCUT2D eigenvalue weighted by molar-refractivity contribution is 6.30. The van der Waals surface area contributed by atoms with Gasteiger partial charge in [-0.15, -0.1) is 0 Å². The third-order valence-corrected chi connectivity index (χ3v) is 3.67. The van der Waals surface area contributed by atoms with Crippen LogP contribution in [0.25, 0.3) is 11.3 Å². The monoisotopic (exact) mass is 275 g/mol. The quantitative estimate of drug-likeness (QED) is 0.916. The van der Waals surface area contributed by atoms with Crippen LogP contribution < -0.4 is 5.73 Å². The van der Waals surface area contributed by atoms with E-state index in [2.05, 4.69) is 5.10 Å². The molecule has 0 bridgehead atoms. The van der Waals surface area contributed by atoms with Gasteiger partial charge in [0.25, 0.3) is 5.91 Å². The molecule has 0 aliphatic carbocycles. The van der Waals surface area contributed by atoms with Gasteiger partial charge in [-0.3, -0.25) is 9.48 Å². The summed E-state index contributed by atoms with van der Waals surface area (Å²) >= 11 is 6.00. The fourth-order valence-corrected chi connectivity index (χ4v) is 2.78. The molecule has 1 aliphatic rings. The number of benzene rings is 1. The lowest BCUT2D eigenvalue weighted by Gasteiger charge is -2.13. The second-order valence-electron chi connectivity index (χ2n) is 4.73. The molecule has 1 amide bonds. The number of aromatic nitrogens is 2. The van der Waals surface area contributed by atoms with E-state index in [1.54, 1.807) is 6.07 Å². The Hall–Kier alpha value is -1.81. The molecular formula is C14H14ClN3O. The smallest absolute Gasteiger partial charge is 0.252 e. The highest BCUT2D eigenvalue weighted by Crippen LogP contribution is 2.30. The van der Waals surface area contributed by atoms with Crippen LogP contribution in [0, 0.1) is 0 Å². The Morgan fingerprint density at radius 3 is 2.95 bits per heavy atom. The summed E-state index contributed by atoms with van der Waals surface area (Å²) in [6, 6.07) is 7.35. The Kier molecular flexibility index (Phi) is 3.03. The number of carbonyl (C=O) groups excluding carboxylic acids is 1. The summed E-state index contributed by atoms with van der Waals surface area (Å²) in [6.45, 7) is 0.843. The van der Waals surface area contributed by atoms with Crippen LogP contribution in [-0.2, 0) is 13.0 Å². The van der Waals surface area contributed by atoms with Gasteiger partial charge in [0.15, 0.2) is 0 Å². The van der Waals surface area contributed by atoms with Crippen molar-refractivity contribution >= 4 is 17.5 Å². The predicted molar refractivity (Wildman–Crippen MR) is 74.1 cm³/mol. The van der Waals surface area contributed by atoms with Crippen molar-refractivity contribution in [3.63, 3.8) is 0 Å². The van der Waals surface area contributed by atoms with Crippen molar-refractivity contribution in [1.29, 1.82) is 0 Å². The first-order valence-corrected chi connectivity index (χ1v) is 6.70. The van der Waals surface area contributed by atoms with E-state index < -0.39 is 5.91 Å². The summed E-state index contributed by atoms with van der Waals surface area (Å²) in [4.78, 5) is 11.7. The van der Waals surface area contributed by atoms with Gasteiger partial charge in [0.2, 0.25) is 0 Å². The van der Waals surface area contributed by atoms with Gasteiger partial charge in [-0.05, 0) is 31.4 Å². The molecule has 0 saturated carbocycles. The molecule has 0 atom stereocenters. The zero-order valence-electron chi connectivity index (χ0n) is 10.4. The SMILES string of the molecule is NC(=O)c1c(-c2cccc(Cl)c2)nn2c1CCCC2. The van der Waals surface area contributed by atoms with Crippen molar-refractivity contribution in [2.75, 3.05) is 0 Å². The van der Waals surface area contributed by atoms with Crippen LogP contribution >= 0.6 is 11.6 Å². The second kappa shape index (κ2) is 4.70. The highest BCUT2D eigenvalue weighted by Gasteiger charge is 2.24. The molecule has 0 unspecified atom stereocenters. The fraction of sp³-hybridized carbons (Fsp3) is 0.286. The van der Waals surface area contributed by atoms with Crippen molar-refractivity contribution in [3.05, 3.63) is 40.5 Å². The maximum atomic E-state index is 11.7. The van der Waals surface area contributed by atoms with Gasteiger partial charge in [-0.1, -0.05) is 23.7 Å². The molecule has 98 valence electrons. The van der Waals surface area contributed by atoms with Gasteiger partial charge in [0, 0.05) is 17.1 Å². The lowest BCUT2D eigenvalue weighted by Crippen LogP contribution is -2.17. The topological polar surface area (TPSA) is 60.9 Å². The van der Waals surface area contributed by atoms with E-state index in [0.717, 1.165) is 37.1 Å². The number of halogens is 1. The van der Waals surface area contributed by atoms with Gasteiger partial charge >= 0.3 is 0 Å². The third-order valence-electron chi connectivity index (χ3n) is 3.44. The number of nitrogens with two attached hydrogens (primary N) is 1. The number of hydrogen-bond acceptors (Lipinski definition) is 2. The van der Waals surface area contributed by atoms with E-state index >= 15 is 0 Å². The van der Waals surface area contributed by atoms with Crippen LogP contribution in [0.15, 0.2) is 24.3 Å². The number of fused-ring (bicyclic) bond motifs is 1. The van der Waals surface area contributed by atoms with Crippen LogP contribution in [0.4, 0.5) is 0 Å². The zero-order valence-corrected chi connectivity index (χ0v) is 11.2. The molecule has 4 nitrogen and oxygen atoms in total. The van der Waals surface area contributed by atoms with Gasteiger partial charge in [-0.25, -0.2) is 0 Å². The van der Waals surface area contributed by atoms with Crippen molar-refractivity contribution in [2.24, 2.45) is 5.73 Å². The molecule has 1 aliphatic heterocycles. The summed E-state index contributed by atoms with van der Waals surface area (Å²) < 4.78 is 1.90. The number of primary amides is 1. The minimum Gasteiger partial charge on any atom is -0.365 e. The summed E-state index contributed by atoms with van der Waals surface area (Å²) in [7, 11) is 0. The van der Waals surface area contributed by atoms with E-state index in [1.807, 2.05) is 22.9 Å². The molecule has 19 heavy (non-hydrogen) atoms. The van der Waals surface area contributed by atoms with Gasteiger partial charge < -0.3 is 5.73 Å². The summed E-state index contributed by atoms with van der Waals surface area (Å²) in [5.74, 6) is -0.418. The first-order chi connectivity index (χ1) is 9.16. The van der Waals surface area contributed by atoms with Crippen molar-refractivity contribution in [2.45, 2.75) is 25.8 Å². The minimum atomic E-state index is -0.418. The Balaban J connectivity index is 2.20. The van der Waals surface area contributed by atoms with Crippen LogP contribution in [-0.4, -0.2) is 15.7 Å². The number of amides is 1. The number of rotatable bonds is 2. The third kappa shape index (κ3) is 2.12. The summed E-state index contributed by atoms with van der Waals surface area (Å²) in [5, 5.41) is 5.16. The molecule has 0 spiro atoms. The fourth-order valence-electron chi connectivity index (χ4n) is 2.59. The lowest BCUT2D eigenvalue weighted by molar-refractivity contribution is 0.0999. The first kappa shape index (κ1) is 12.2. The minimum absolute atomic E-state index is 0.418. The van der Waals surface area contributed by atoms with Gasteiger partial charge in [0.1, 0.15) is 5.69 Å². The Labute approximate surface area is 116 Å². The molecule has 2 heterocycles. The molecule has 5 heteroatoms. The number of nitrogens with zero attached hydrogens (tertiary/aromatic N) is 2. The van der Waals surface area contributed by atoms with Gasteiger partial charge in [-0.2, -0.15) is 5.10 Å². The first-order valence-electron chi connectivity index (χ1n) is 6.32. The lowest BCUT2D eigenvalue weighted by atomic mass is 10.0. The highest BCUT2D eigenvalue weighted by atomic mass is 35.5. The van der Waals surface area contributed by atoms with Crippen molar-refractivity contribution < 1.29 is 4.79 Å². The van der Waals surface area contributed by atoms with E-state index in [9.17, 15) is 4.79 Å². The summed E-state index contributed by atoms with van der Waals surface area (Å²) in [6.07, 6.45) is 3.01. The molecule has 0 saturated heterocycles. The maximum Gasteiger partial charge on any atom is 0.252 e. The van der Waals surface area contributed by atoms with E-state index in [0.29, 0.717) is 16.3 Å². The molecule has 0 fully saturated rings. The number of carbonyl (C=O) groups is 1. The average Bonchev–Trinajstić information content (AvgIpc) is 2.78. The Morgan fingerprint density at radius 2 is 2.21 bits per heavy atom. The standard InChI is InChI=1S/C14H14ClN3O/c15-10-5-3-4-9(8-10)13-12(14(16)19)11-6-1-2-7-18(11)17-13/h3-5,8H,1-2,6-7H2,(H2,16,19). The Bertz CT molecular complexity index is 648. The summed E-state index contributed by atoms with van der Waals surface area (Å²) in [5.41, 5.74) is 8.51. The van der Waals surface area contributed by atoms with E-state index in [-0.39, 0.29) is 0 Å². The van der Waals surface area contributed by atoms with Gasteiger partial charge in [0.05, 0.1) is 11.3 Å². The maximum absolute atomic E-state index is 11.7. The molecular weight excluding hydrogens is 262 g/mol. The largest absolute Gasteiger partial charge is 0.365 e. The van der Waals surface area contributed by atoms with Crippen molar-refractivity contribution in [1.82, 2.24) is 9.78 Å². The van der Waals surface area contributed by atoms with Crippen LogP contribution in [0.2, 0.25) is 5.02 Å². The second-order valence-corrected chi connectivity index (χ2v) is 5.16. The van der Waals surface area contributed by atoms with Crippen molar-refractivity contribution in [3.8, 4) is 11.3 Å². The van der Waals surface area contributed by atoms with Crippen LogP contribution in [0.3, 0.4) is 0 Å². The molecule has 1 aromatic carbocycles. The molecule has 2 aromatic rings. The number of hydrogen-bond donors (Lipinski definition) is 1. The van der Waals surface area contributed by atoms with Crippen LogP contribution in [0.1, 0.15) is 28.9 Å².